The van der Waals surface area contributed by atoms with E-state index >= 15 is 0 Å². The molecular weight excluding hydrogens is 1130 g/mol. The Kier molecular flexibility index (Phi) is 22.2. The molecule has 0 aliphatic carbocycles. The van der Waals surface area contributed by atoms with Crippen molar-refractivity contribution in [1.82, 2.24) is 39.0 Å². The summed E-state index contributed by atoms with van der Waals surface area (Å²) in [5, 5.41) is 125. The van der Waals surface area contributed by atoms with E-state index in [1.807, 2.05) is 0 Å². The average molecular weight is 1200 g/mol. The molecule has 85 heavy (non-hydrogen) atoms. The third-order valence-corrected chi connectivity index (χ3v) is 14.4. The van der Waals surface area contributed by atoms with E-state index in [0.717, 1.165) is 22.9 Å². The van der Waals surface area contributed by atoms with Gasteiger partial charge in [-0.25, -0.2) is 19.6 Å². The van der Waals surface area contributed by atoms with Crippen LogP contribution < -0.4 is 33.5 Å². The number of hydrogen-bond donors (Lipinski definition) is 16. The van der Waals surface area contributed by atoms with Crippen LogP contribution in [0.5, 0.6) is 0 Å². The minimum Gasteiger partial charge on any atom is -0.481 e. The van der Waals surface area contributed by atoms with Crippen LogP contribution in [-0.4, -0.2) is 225 Å². The number of aromatic nitrogens is 7. The molecule has 4 aromatic heterocycles. The lowest BCUT2D eigenvalue weighted by atomic mass is 9.90. The quantitative estimate of drug-likeness (QED) is 0.0257. The first-order valence-electron chi connectivity index (χ1n) is 26.5. The van der Waals surface area contributed by atoms with Crippen molar-refractivity contribution in [2.45, 2.75) is 151 Å². The molecule has 0 aromatic carbocycles. The number of aliphatic hydroxyl groups is 10. The number of nitrogens with two attached hydrogens (primary N) is 1. The van der Waals surface area contributed by atoms with Gasteiger partial charge in [-0.1, -0.05) is 30.6 Å². The zero-order valence-corrected chi connectivity index (χ0v) is 45.1. The Bertz CT molecular complexity index is 3430. The van der Waals surface area contributed by atoms with Crippen LogP contribution >= 0.6 is 0 Å². The molecule has 33 heteroatoms. The zero-order valence-electron chi connectivity index (χ0n) is 45.1. The number of aliphatic hydroxyl groups excluding tert-OH is 10. The van der Waals surface area contributed by atoms with Gasteiger partial charge in [-0.3, -0.25) is 43.1 Å². The number of aromatic amines is 2. The molecule has 4 aromatic rings. The Balaban J connectivity index is 1.02. The van der Waals surface area contributed by atoms with Gasteiger partial charge in [0.2, 0.25) is 5.91 Å². The maximum Gasteiger partial charge on any atom is 0.328 e. The average Bonchev–Trinajstić information content (AvgIpc) is 2.51. The second-order valence-corrected chi connectivity index (χ2v) is 20.4. The number of nitrogens with zero attached hydrogens (tertiary/aromatic N) is 5. The molecule has 17 N–H and O–H groups in total. The largest absolute Gasteiger partial charge is 0.481 e. The van der Waals surface area contributed by atoms with Gasteiger partial charge in [0.05, 0.1) is 49.2 Å². The molecule has 462 valence electrons. The predicted octanol–water partition coefficient (Wildman–Crippen LogP) is -7.23. The van der Waals surface area contributed by atoms with E-state index in [2.05, 4.69) is 48.9 Å². The number of aliphatic carboxylic acids is 2. The number of carbonyl (C=O) groups is 3. The summed E-state index contributed by atoms with van der Waals surface area (Å²) in [7, 11) is 0. The highest BCUT2D eigenvalue weighted by molar-refractivity contribution is 5.92. The lowest BCUT2D eigenvalue weighted by Crippen LogP contribution is -2.65. The Morgan fingerprint density at radius 1 is 0.706 bits per heavy atom. The van der Waals surface area contributed by atoms with Gasteiger partial charge in [0.15, 0.2) is 18.9 Å². The molecule has 17 atom stereocenters. The van der Waals surface area contributed by atoms with Crippen LogP contribution in [0.2, 0.25) is 0 Å². The first-order valence-corrected chi connectivity index (χ1v) is 26.5. The first kappa shape index (κ1) is 65.0. The second kappa shape index (κ2) is 29.0. The highest BCUT2D eigenvalue weighted by atomic mass is 16.7. The molecule has 0 saturated carbocycles. The smallest absolute Gasteiger partial charge is 0.328 e. The fourth-order valence-electron chi connectivity index (χ4n) is 9.55. The number of carboxylic acids is 2. The molecule has 10 unspecified atom stereocenters. The van der Waals surface area contributed by atoms with Crippen LogP contribution in [0, 0.1) is 35.5 Å². The number of nitrogen functional groups attached to an aromatic ring is 1. The Labute approximate surface area is 479 Å². The number of amides is 1. The number of nitrogens with one attached hydrogen (secondary N) is 3. The summed E-state index contributed by atoms with van der Waals surface area (Å²) in [6.07, 6.45) is -18.1. The lowest BCUT2D eigenvalue weighted by molar-refractivity contribution is -0.337. The van der Waals surface area contributed by atoms with Crippen molar-refractivity contribution in [3.63, 3.8) is 0 Å². The number of anilines is 1. The number of ether oxygens (including phenoxy) is 5. The van der Waals surface area contributed by atoms with Crippen LogP contribution in [0.3, 0.4) is 0 Å². The molecule has 33 nitrogen and oxygen atoms in total. The van der Waals surface area contributed by atoms with Gasteiger partial charge >= 0.3 is 23.3 Å². The van der Waals surface area contributed by atoms with Crippen molar-refractivity contribution in [2.75, 3.05) is 25.6 Å². The Morgan fingerprint density at radius 2 is 1.25 bits per heavy atom. The highest BCUT2D eigenvalue weighted by Crippen LogP contribution is 2.29. The van der Waals surface area contributed by atoms with Crippen molar-refractivity contribution in [1.29, 1.82) is 0 Å². The maximum absolute atomic E-state index is 13.4. The topological polar surface area (TPSA) is 519 Å². The van der Waals surface area contributed by atoms with Crippen LogP contribution in [0.25, 0.3) is 17.1 Å². The summed E-state index contributed by atoms with van der Waals surface area (Å²) < 4.78 is 31.2. The minimum atomic E-state index is -2.04. The van der Waals surface area contributed by atoms with Gasteiger partial charge in [-0.05, 0) is 24.3 Å². The van der Waals surface area contributed by atoms with Crippen LogP contribution in [0.1, 0.15) is 55.7 Å². The first-order chi connectivity index (χ1) is 40.4. The Morgan fingerprint density at radius 3 is 1.86 bits per heavy atom. The summed E-state index contributed by atoms with van der Waals surface area (Å²) in [4.78, 5) is 101. The molecule has 3 aliphatic rings. The highest BCUT2D eigenvalue weighted by Gasteiger charge is 2.49. The van der Waals surface area contributed by atoms with E-state index in [4.69, 9.17) is 39.6 Å². The minimum absolute atomic E-state index is 0.0403. The van der Waals surface area contributed by atoms with Gasteiger partial charge in [-0.2, -0.15) is 0 Å². The number of carbonyl (C=O) groups excluding carboxylic acids is 1. The van der Waals surface area contributed by atoms with Crippen molar-refractivity contribution < 1.29 is 99.3 Å². The van der Waals surface area contributed by atoms with Crippen LogP contribution in [0.15, 0.2) is 50.2 Å². The number of hydrogen-bond acceptors (Lipinski definition) is 25. The van der Waals surface area contributed by atoms with Crippen LogP contribution in [0.4, 0.5) is 5.82 Å². The van der Waals surface area contributed by atoms with E-state index in [1.165, 1.54) is 17.1 Å². The van der Waals surface area contributed by atoms with E-state index < -0.39 is 164 Å². The summed E-state index contributed by atoms with van der Waals surface area (Å²) in [5.41, 5.74) is 3.21. The van der Waals surface area contributed by atoms with E-state index in [9.17, 15) is 84.6 Å². The van der Waals surface area contributed by atoms with Gasteiger partial charge in [0, 0.05) is 57.1 Å². The molecule has 0 bridgehead atoms. The normalized spacial score (nSPS) is 28.4. The SMILES string of the molecule is CC(Cn1cc(/C=C/C(=O)NC2[C@@H](O)[C@@H](O)C(COC3OC(COC4OC(CO)[C@@H](O)[C@H](O)C4O)[C@@H](O)[C@H](O)C3O)O[C@@H]2O)c(=O)[nH]c1=O)C(CCn1cc(C#CCCC(=O)O)c2c(N)ncnc21)Cn1cc(C#CCCC(=O)O)c(=O)[nH]c1=O. The molecule has 1 amide bonds. The molecule has 7 heterocycles. The molecule has 3 aliphatic heterocycles. The molecular formula is C52H65N9O24. The third kappa shape index (κ3) is 16.1. The number of aryl methyl sites for hydroxylation is 1. The number of fused-ring (bicyclic) bond motifs is 1. The van der Waals surface area contributed by atoms with E-state index in [-0.39, 0.29) is 68.7 Å². The van der Waals surface area contributed by atoms with Gasteiger partial charge in [0.1, 0.15) is 96.5 Å². The molecule has 0 radical (unpaired) electrons. The monoisotopic (exact) mass is 1200 g/mol. The number of rotatable bonds is 22. The standard InChI is InChI=1S/C52H65N9O24/c1-23(24(15-61-17-26(46(76)57-52(61)80)7-3-5-9-33(66)67)12-13-59-16-25(6-2-4-8-32(64)65)34-44(53)54-22-55-45(34)59)14-60-18-27(47(77)58-51(60)79)10-11-31(63)56-35-39(71)37(69)29(83-48(35)78)20-81-50-43(75)41(73)38(70)30(85-50)21-82-49-42(74)40(72)36(68)28(19-62)84-49/h10-11,16-18,22-24,28-30,35-43,48-50,62,68-75,78H,4-5,8-9,12-15,19-21H2,1H3,(H,56,63)(H,64,65)(H,66,67)(H2,53,54,55)(H,57,76,80)(H,58,77,79)/b11-10+/t23?,24?,28?,29?,30?,35?,36-,37+,38-,39-,40+,41+,42?,43?,48+,49?,50?/m1/s1. The fourth-order valence-corrected chi connectivity index (χ4v) is 9.55. The van der Waals surface area contributed by atoms with Crippen molar-refractivity contribution in [2.24, 2.45) is 11.8 Å². The van der Waals surface area contributed by atoms with Crippen molar-refractivity contribution in [3.05, 3.63) is 89.4 Å². The fraction of sp³-hybridized carbons (Fsp3) is 0.558. The van der Waals surface area contributed by atoms with Gasteiger partial charge in [-0.15, -0.1) is 0 Å². The Hall–Kier alpha value is -7.55. The predicted molar refractivity (Wildman–Crippen MR) is 286 cm³/mol. The second-order valence-electron chi connectivity index (χ2n) is 20.4. The van der Waals surface area contributed by atoms with E-state index in [0.29, 0.717) is 16.6 Å². The summed E-state index contributed by atoms with van der Waals surface area (Å²) in [6, 6.07) is -1.72. The molecule has 3 saturated heterocycles. The van der Waals surface area contributed by atoms with Crippen molar-refractivity contribution >= 4 is 40.8 Å². The summed E-state index contributed by atoms with van der Waals surface area (Å²) in [6.45, 7) is -0.531. The van der Waals surface area contributed by atoms with Crippen LogP contribution in [-0.2, 0) is 57.7 Å². The van der Waals surface area contributed by atoms with Gasteiger partial charge in [0.25, 0.3) is 11.1 Å². The molecule has 3 fully saturated rings. The number of carboxylic acid groups (broad SMARTS) is 2. The third-order valence-electron chi connectivity index (χ3n) is 14.4. The van der Waals surface area contributed by atoms with Gasteiger partial charge < -0.3 is 101 Å². The number of H-pyrrole nitrogens is 2. The molecule has 0 spiro atoms. The van der Waals surface area contributed by atoms with Crippen molar-refractivity contribution in [3.8, 4) is 23.7 Å². The van der Waals surface area contributed by atoms with E-state index in [1.54, 1.807) is 17.7 Å². The molecule has 7 rings (SSSR count). The maximum atomic E-state index is 13.4. The summed E-state index contributed by atoms with van der Waals surface area (Å²) >= 11 is 0. The zero-order chi connectivity index (χ0) is 62.0. The lowest BCUT2D eigenvalue weighted by Gasteiger charge is -2.44. The summed E-state index contributed by atoms with van der Waals surface area (Å²) in [5.74, 6) is 6.70.